The Bertz CT molecular complexity index is 594. The maximum absolute atomic E-state index is 6.05. The van der Waals surface area contributed by atoms with E-state index < -0.39 is 0 Å². The summed E-state index contributed by atoms with van der Waals surface area (Å²) < 4.78 is 0. The Kier molecular flexibility index (Phi) is 3.72. The first-order valence-corrected chi connectivity index (χ1v) is 7.19. The number of hydrogen-bond donors (Lipinski definition) is 0. The Morgan fingerprint density at radius 3 is 2.11 bits per heavy atom. The molecular weight excluding hydrogens is 301 g/mol. The largest absolute Gasteiger partial charge is 0.291 e. The van der Waals surface area contributed by atoms with Gasteiger partial charge in [-0.05, 0) is 41.0 Å². The summed E-state index contributed by atoms with van der Waals surface area (Å²) in [5.41, 5.74) is 3.74. The highest BCUT2D eigenvalue weighted by molar-refractivity contribution is 6.42. The van der Waals surface area contributed by atoms with E-state index in [1.807, 2.05) is 30.3 Å². The van der Waals surface area contributed by atoms with Gasteiger partial charge < -0.3 is 0 Å². The summed E-state index contributed by atoms with van der Waals surface area (Å²) in [6, 6.07) is 11.9. The molecule has 0 atom stereocenters. The van der Waals surface area contributed by atoms with Crippen LogP contribution in [0.3, 0.4) is 0 Å². The number of halogens is 3. The van der Waals surface area contributed by atoms with Gasteiger partial charge in [-0.3, -0.25) is 4.90 Å². The van der Waals surface area contributed by atoms with Crippen LogP contribution < -0.4 is 0 Å². The Hall–Kier alpha value is -0.730. The quantitative estimate of drug-likeness (QED) is 0.740. The highest BCUT2D eigenvalue weighted by atomic mass is 35.5. The third-order valence-corrected chi connectivity index (χ3v) is 4.28. The lowest BCUT2D eigenvalue weighted by Gasteiger charge is -2.14. The van der Waals surface area contributed by atoms with Gasteiger partial charge in [0.1, 0.15) is 0 Å². The molecule has 2 aromatic rings. The van der Waals surface area contributed by atoms with Gasteiger partial charge in [0.25, 0.3) is 0 Å². The third kappa shape index (κ3) is 2.90. The lowest BCUT2D eigenvalue weighted by atomic mass is 10.1. The van der Waals surface area contributed by atoms with Crippen LogP contribution in [0, 0.1) is 0 Å². The van der Waals surface area contributed by atoms with Crippen LogP contribution in [-0.4, -0.2) is 4.90 Å². The highest BCUT2D eigenvalue weighted by Gasteiger charge is 2.20. The first kappa shape index (κ1) is 13.3. The van der Waals surface area contributed by atoms with Gasteiger partial charge in [0.2, 0.25) is 0 Å². The molecule has 0 bridgehead atoms. The van der Waals surface area contributed by atoms with Crippen molar-refractivity contribution >= 4 is 34.8 Å². The Morgan fingerprint density at radius 1 is 0.895 bits per heavy atom. The number of benzene rings is 2. The van der Waals surface area contributed by atoms with Crippen LogP contribution >= 0.6 is 34.8 Å². The van der Waals surface area contributed by atoms with E-state index in [4.69, 9.17) is 34.8 Å². The number of fused-ring (bicyclic) bond motifs is 1. The minimum absolute atomic E-state index is 0.630. The van der Waals surface area contributed by atoms with E-state index in [1.54, 1.807) is 0 Å². The lowest BCUT2D eigenvalue weighted by molar-refractivity contribution is 0.275. The zero-order chi connectivity index (χ0) is 13.4. The Morgan fingerprint density at radius 2 is 1.53 bits per heavy atom. The van der Waals surface area contributed by atoms with Crippen molar-refractivity contribution in [2.24, 2.45) is 0 Å². The van der Waals surface area contributed by atoms with Crippen LogP contribution in [0.25, 0.3) is 0 Å². The van der Waals surface area contributed by atoms with Crippen LogP contribution in [0.2, 0.25) is 15.1 Å². The van der Waals surface area contributed by atoms with Crippen LogP contribution in [0.15, 0.2) is 36.4 Å². The molecule has 1 nitrogen and oxygen atoms in total. The fourth-order valence-corrected chi connectivity index (χ4v) is 3.05. The molecule has 0 spiro atoms. The van der Waals surface area contributed by atoms with Crippen LogP contribution in [0.4, 0.5) is 0 Å². The molecule has 0 amide bonds. The molecule has 0 aromatic heterocycles. The first-order valence-electron chi connectivity index (χ1n) is 6.05. The normalized spacial score (nSPS) is 14.7. The molecule has 2 aromatic carbocycles. The molecule has 0 unspecified atom stereocenters. The fourth-order valence-electron chi connectivity index (χ4n) is 2.47. The zero-order valence-electron chi connectivity index (χ0n) is 10.2. The molecule has 0 saturated heterocycles. The molecule has 0 fully saturated rings. The number of hydrogen-bond acceptors (Lipinski definition) is 1. The van der Waals surface area contributed by atoms with Gasteiger partial charge in [0, 0.05) is 24.7 Å². The molecule has 0 N–H and O–H groups in total. The van der Waals surface area contributed by atoms with Crippen molar-refractivity contribution in [2.45, 2.75) is 19.6 Å². The van der Waals surface area contributed by atoms with Crippen LogP contribution in [-0.2, 0) is 19.6 Å². The van der Waals surface area contributed by atoms with Gasteiger partial charge in [-0.2, -0.15) is 0 Å². The van der Waals surface area contributed by atoms with Crippen LogP contribution in [0.1, 0.15) is 16.7 Å². The summed E-state index contributed by atoms with van der Waals surface area (Å²) in [4.78, 5) is 2.35. The van der Waals surface area contributed by atoms with Crippen molar-refractivity contribution in [3.8, 4) is 0 Å². The standard InChI is InChI=1S/C15H12Cl3N/c16-13-3-1-2-10(4-13)7-19-8-11-5-14(17)15(18)6-12(11)9-19/h1-6H,7-9H2. The summed E-state index contributed by atoms with van der Waals surface area (Å²) in [6.45, 7) is 2.68. The van der Waals surface area contributed by atoms with Crippen molar-refractivity contribution in [1.82, 2.24) is 4.90 Å². The summed E-state index contributed by atoms with van der Waals surface area (Å²) in [5.74, 6) is 0. The van der Waals surface area contributed by atoms with Crippen molar-refractivity contribution in [3.63, 3.8) is 0 Å². The molecule has 0 radical (unpaired) electrons. The smallest absolute Gasteiger partial charge is 0.0595 e. The van der Waals surface area contributed by atoms with Crippen molar-refractivity contribution in [3.05, 3.63) is 68.2 Å². The van der Waals surface area contributed by atoms with E-state index in [9.17, 15) is 0 Å². The Labute approximate surface area is 127 Å². The second kappa shape index (κ2) is 5.34. The van der Waals surface area contributed by atoms with E-state index in [2.05, 4.69) is 11.0 Å². The highest BCUT2D eigenvalue weighted by Crippen LogP contribution is 2.32. The molecule has 3 rings (SSSR count). The monoisotopic (exact) mass is 311 g/mol. The average Bonchev–Trinajstić information content (AvgIpc) is 2.71. The van der Waals surface area contributed by atoms with Crippen LogP contribution in [0.5, 0.6) is 0 Å². The van der Waals surface area contributed by atoms with Gasteiger partial charge in [-0.1, -0.05) is 46.9 Å². The van der Waals surface area contributed by atoms with Gasteiger partial charge in [0.05, 0.1) is 10.0 Å². The topological polar surface area (TPSA) is 3.24 Å². The van der Waals surface area contributed by atoms with Crippen molar-refractivity contribution in [2.75, 3.05) is 0 Å². The van der Waals surface area contributed by atoms with E-state index >= 15 is 0 Å². The Balaban J connectivity index is 1.77. The predicted molar refractivity (Wildman–Crippen MR) is 80.9 cm³/mol. The molecule has 1 heterocycles. The first-order chi connectivity index (χ1) is 9.11. The van der Waals surface area contributed by atoms with E-state index in [1.165, 1.54) is 16.7 Å². The molecule has 19 heavy (non-hydrogen) atoms. The fraction of sp³-hybridized carbons (Fsp3) is 0.200. The molecule has 1 aliphatic heterocycles. The minimum Gasteiger partial charge on any atom is -0.291 e. The minimum atomic E-state index is 0.630. The number of rotatable bonds is 2. The summed E-state index contributed by atoms with van der Waals surface area (Å²) in [5, 5.41) is 2.04. The zero-order valence-corrected chi connectivity index (χ0v) is 12.4. The molecule has 1 aliphatic rings. The molecule has 0 aliphatic carbocycles. The van der Waals surface area contributed by atoms with Crippen molar-refractivity contribution in [1.29, 1.82) is 0 Å². The average molecular weight is 313 g/mol. The summed E-state index contributed by atoms with van der Waals surface area (Å²) >= 11 is 18.1. The SMILES string of the molecule is Clc1cccc(CN2Cc3cc(Cl)c(Cl)cc3C2)c1. The molecule has 4 heteroatoms. The second-order valence-corrected chi connectivity index (χ2v) is 6.06. The third-order valence-electron chi connectivity index (χ3n) is 3.33. The maximum Gasteiger partial charge on any atom is 0.0595 e. The van der Waals surface area contributed by atoms with E-state index in [0.717, 1.165) is 24.7 Å². The molecule has 98 valence electrons. The number of nitrogens with zero attached hydrogens (tertiary/aromatic N) is 1. The maximum atomic E-state index is 6.05. The predicted octanol–water partition coefficient (Wildman–Crippen LogP) is 5.16. The second-order valence-electron chi connectivity index (χ2n) is 4.81. The molecular formula is C15H12Cl3N. The van der Waals surface area contributed by atoms with E-state index in [-0.39, 0.29) is 0 Å². The van der Waals surface area contributed by atoms with Gasteiger partial charge >= 0.3 is 0 Å². The summed E-state index contributed by atoms with van der Waals surface area (Å²) in [7, 11) is 0. The van der Waals surface area contributed by atoms with Crippen molar-refractivity contribution < 1.29 is 0 Å². The summed E-state index contributed by atoms with van der Waals surface area (Å²) in [6.07, 6.45) is 0. The molecule has 0 saturated carbocycles. The van der Waals surface area contributed by atoms with E-state index in [0.29, 0.717) is 10.0 Å². The van der Waals surface area contributed by atoms with Gasteiger partial charge in [-0.15, -0.1) is 0 Å². The van der Waals surface area contributed by atoms with Gasteiger partial charge in [0.15, 0.2) is 0 Å². The van der Waals surface area contributed by atoms with Gasteiger partial charge in [-0.25, -0.2) is 0 Å². The lowest BCUT2D eigenvalue weighted by Crippen LogP contribution is -2.15.